The van der Waals surface area contributed by atoms with Gasteiger partial charge in [-0.15, -0.1) is 0 Å². The number of hydrogen-bond donors (Lipinski definition) is 0. The number of ketones is 1. The maximum absolute atomic E-state index is 13.2. The van der Waals surface area contributed by atoms with Crippen LogP contribution in [0.15, 0.2) is 66.9 Å². The van der Waals surface area contributed by atoms with Crippen LogP contribution in [0.4, 0.5) is 4.39 Å². The van der Waals surface area contributed by atoms with Crippen LogP contribution >= 0.6 is 0 Å². The van der Waals surface area contributed by atoms with Gasteiger partial charge in [0, 0.05) is 55.4 Å². The van der Waals surface area contributed by atoms with E-state index in [2.05, 4.69) is 6.20 Å². The number of benzene rings is 3. The Bertz CT molecular complexity index is 1500. The Hall–Kier alpha value is -3.84. The molecule has 0 spiro atoms. The summed E-state index contributed by atoms with van der Waals surface area (Å²) >= 11 is 0. The topological polar surface area (TPSA) is 64.4 Å². The van der Waals surface area contributed by atoms with Crippen molar-refractivity contribution >= 4 is 22.6 Å². The second-order valence-corrected chi connectivity index (χ2v) is 11.3. The summed E-state index contributed by atoms with van der Waals surface area (Å²) in [4.78, 5) is 27.9. The largest absolute Gasteiger partial charge is 0.379 e. The first kappa shape index (κ1) is 28.7. The molecular weight excluding hydrogens is 517 g/mol. The van der Waals surface area contributed by atoms with Crippen LogP contribution in [0.3, 0.4) is 0 Å². The van der Waals surface area contributed by atoms with Crippen LogP contribution in [0.1, 0.15) is 65.8 Å². The Morgan fingerprint density at radius 3 is 2.29 bits per heavy atom. The number of ether oxygens (including phenoxy) is 1. The number of nitrogens with zero attached hydrogens (tertiary/aromatic N) is 3. The highest BCUT2D eigenvalue weighted by Crippen LogP contribution is 2.26. The molecule has 0 unspecified atom stereocenters. The van der Waals surface area contributed by atoms with E-state index in [1.807, 2.05) is 66.8 Å². The standard InChI is InChI=1S/C34H38FN3O3/c1-23(2)41-20-4-5-33(39)30-14-15-32-31(24(30)3)22-38(36-32)21-25-16-18-37(19-17-25)34(40)28-8-6-26(7-9-28)27-10-12-29(35)13-11-27/h6-15,22-23,25H,4-5,16-21H2,1-3H3. The molecule has 0 radical (unpaired) electrons. The molecule has 0 aliphatic carbocycles. The molecule has 1 aromatic heterocycles. The van der Waals surface area contributed by atoms with E-state index in [0.717, 1.165) is 59.0 Å². The van der Waals surface area contributed by atoms with E-state index in [0.29, 0.717) is 37.6 Å². The molecule has 0 saturated carbocycles. The van der Waals surface area contributed by atoms with Crippen molar-refractivity contribution in [3.8, 4) is 11.1 Å². The second-order valence-electron chi connectivity index (χ2n) is 11.3. The van der Waals surface area contributed by atoms with Gasteiger partial charge in [0.2, 0.25) is 0 Å². The number of fused-ring (bicyclic) bond motifs is 1. The molecular formula is C34H38FN3O3. The summed E-state index contributed by atoms with van der Waals surface area (Å²) in [5.74, 6) is 0.353. The van der Waals surface area contributed by atoms with E-state index in [9.17, 15) is 14.0 Å². The number of rotatable bonds is 10. The van der Waals surface area contributed by atoms with Crippen LogP contribution in [0.5, 0.6) is 0 Å². The van der Waals surface area contributed by atoms with Gasteiger partial charge < -0.3 is 9.64 Å². The number of piperidine rings is 1. The van der Waals surface area contributed by atoms with E-state index in [1.165, 1.54) is 12.1 Å². The molecule has 2 heterocycles. The van der Waals surface area contributed by atoms with E-state index < -0.39 is 0 Å². The Kier molecular flexibility index (Phi) is 8.93. The number of halogens is 1. The zero-order chi connectivity index (χ0) is 28.9. The quantitative estimate of drug-likeness (QED) is 0.155. The van der Waals surface area contributed by atoms with Crippen molar-refractivity contribution in [2.75, 3.05) is 19.7 Å². The fourth-order valence-corrected chi connectivity index (χ4v) is 5.58. The van der Waals surface area contributed by atoms with E-state index in [-0.39, 0.29) is 23.6 Å². The summed E-state index contributed by atoms with van der Waals surface area (Å²) in [5, 5.41) is 5.81. The lowest BCUT2D eigenvalue weighted by molar-refractivity contribution is 0.0681. The molecule has 214 valence electrons. The predicted molar refractivity (Wildman–Crippen MR) is 160 cm³/mol. The minimum absolute atomic E-state index is 0.0440. The molecule has 1 amide bonds. The van der Waals surface area contributed by atoms with Gasteiger partial charge in [0.1, 0.15) is 5.82 Å². The van der Waals surface area contributed by atoms with E-state index >= 15 is 0 Å². The maximum Gasteiger partial charge on any atom is 0.253 e. The first-order valence-electron chi connectivity index (χ1n) is 14.6. The van der Waals surface area contributed by atoms with Crippen molar-refractivity contribution in [2.45, 2.75) is 59.1 Å². The van der Waals surface area contributed by atoms with Gasteiger partial charge in [0.25, 0.3) is 5.91 Å². The first-order valence-corrected chi connectivity index (χ1v) is 14.6. The number of Topliss-reactive ketones (excluding diaryl/α,β-unsaturated/α-hetero) is 1. The Morgan fingerprint density at radius 2 is 1.63 bits per heavy atom. The maximum atomic E-state index is 13.2. The van der Waals surface area contributed by atoms with Crippen LogP contribution in [-0.4, -0.2) is 52.2 Å². The normalized spacial score (nSPS) is 14.2. The molecule has 6 nitrogen and oxygen atoms in total. The lowest BCUT2D eigenvalue weighted by Gasteiger charge is -2.32. The van der Waals surface area contributed by atoms with Crippen LogP contribution in [-0.2, 0) is 11.3 Å². The molecule has 3 aromatic carbocycles. The Balaban J connectivity index is 1.15. The monoisotopic (exact) mass is 555 g/mol. The number of aryl methyl sites for hydroxylation is 1. The third kappa shape index (κ3) is 6.91. The molecule has 1 saturated heterocycles. The summed E-state index contributed by atoms with van der Waals surface area (Å²) in [6.45, 7) is 8.80. The molecule has 0 atom stereocenters. The van der Waals surface area contributed by atoms with Crippen LogP contribution in [0.2, 0.25) is 0 Å². The van der Waals surface area contributed by atoms with Crippen molar-refractivity contribution in [1.29, 1.82) is 0 Å². The van der Waals surface area contributed by atoms with Crippen LogP contribution in [0, 0.1) is 18.7 Å². The summed E-state index contributed by atoms with van der Waals surface area (Å²) in [6.07, 6.45) is 5.25. The number of aromatic nitrogens is 2. The molecule has 0 bridgehead atoms. The number of likely N-dealkylation sites (tertiary alicyclic amines) is 1. The molecule has 1 aliphatic rings. The molecule has 0 N–H and O–H groups in total. The van der Waals surface area contributed by atoms with Gasteiger partial charge in [-0.25, -0.2) is 4.39 Å². The number of carbonyl (C=O) groups is 2. The van der Waals surface area contributed by atoms with Crippen LogP contribution < -0.4 is 0 Å². The van der Waals surface area contributed by atoms with Crippen LogP contribution in [0.25, 0.3) is 22.0 Å². The lowest BCUT2D eigenvalue weighted by atomic mass is 9.96. The summed E-state index contributed by atoms with van der Waals surface area (Å²) in [5.41, 5.74) is 5.19. The van der Waals surface area contributed by atoms with Crippen molar-refractivity contribution < 1.29 is 18.7 Å². The fourth-order valence-electron chi connectivity index (χ4n) is 5.58. The van der Waals surface area contributed by atoms with Gasteiger partial charge in [0.05, 0.1) is 11.6 Å². The minimum atomic E-state index is -0.264. The molecule has 5 rings (SSSR count). The smallest absolute Gasteiger partial charge is 0.253 e. The van der Waals surface area contributed by atoms with E-state index in [4.69, 9.17) is 9.84 Å². The summed E-state index contributed by atoms with van der Waals surface area (Å²) < 4.78 is 20.8. The van der Waals surface area contributed by atoms with Gasteiger partial charge in [-0.1, -0.05) is 24.3 Å². The number of hydrogen-bond acceptors (Lipinski definition) is 4. The highest BCUT2D eigenvalue weighted by atomic mass is 19.1. The Morgan fingerprint density at radius 1 is 0.976 bits per heavy atom. The van der Waals surface area contributed by atoms with Crippen molar-refractivity contribution in [1.82, 2.24) is 14.7 Å². The van der Waals surface area contributed by atoms with Crippen molar-refractivity contribution in [3.05, 3.63) is 89.4 Å². The Labute approximate surface area is 241 Å². The number of carbonyl (C=O) groups excluding carboxylic acids is 2. The average Bonchev–Trinajstić information content (AvgIpc) is 3.39. The summed E-state index contributed by atoms with van der Waals surface area (Å²) in [7, 11) is 0. The predicted octanol–water partition coefficient (Wildman–Crippen LogP) is 7.09. The lowest BCUT2D eigenvalue weighted by Crippen LogP contribution is -2.39. The summed E-state index contributed by atoms with van der Waals surface area (Å²) in [6, 6.07) is 17.7. The van der Waals surface area contributed by atoms with E-state index in [1.54, 1.807) is 12.1 Å². The van der Waals surface area contributed by atoms with Crippen molar-refractivity contribution in [3.63, 3.8) is 0 Å². The van der Waals surface area contributed by atoms with Gasteiger partial charge in [0.15, 0.2) is 5.78 Å². The van der Waals surface area contributed by atoms with Gasteiger partial charge in [-0.05, 0) is 99.0 Å². The molecule has 1 fully saturated rings. The van der Waals surface area contributed by atoms with Gasteiger partial charge in [-0.3, -0.25) is 14.3 Å². The highest BCUT2D eigenvalue weighted by molar-refractivity contribution is 6.01. The number of amides is 1. The second kappa shape index (κ2) is 12.8. The minimum Gasteiger partial charge on any atom is -0.379 e. The first-order chi connectivity index (χ1) is 19.8. The van der Waals surface area contributed by atoms with Crippen molar-refractivity contribution in [2.24, 2.45) is 5.92 Å². The third-order valence-electron chi connectivity index (χ3n) is 7.96. The van der Waals surface area contributed by atoms with Gasteiger partial charge in [-0.2, -0.15) is 5.10 Å². The third-order valence-corrected chi connectivity index (χ3v) is 7.96. The molecule has 7 heteroatoms. The fraction of sp³-hybridized carbons (Fsp3) is 0.382. The highest BCUT2D eigenvalue weighted by Gasteiger charge is 2.24. The molecule has 1 aliphatic heterocycles. The molecule has 4 aromatic rings. The van der Waals surface area contributed by atoms with Gasteiger partial charge >= 0.3 is 0 Å². The zero-order valence-electron chi connectivity index (χ0n) is 24.1. The SMILES string of the molecule is Cc1c(C(=O)CCCOC(C)C)ccc2nn(CC3CCN(C(=O)c4ccc(-c5ccc(F)cc5)cc4)CC3)cc12. The zero-order valence-corrected chi connectivity index (χ0v) is 24.1. The average molecular weight is 556 g/mol. The molecule has 41 heavy (non-hydrogen) atoms.